The van der Waals surface area contributed by atoms with E-state index in [0.29, 0.717) is 21.9 Å². The average molecular weight is 369 g/mol. The molecule has 0 spiro atoms. The zero-order valence-corrected chi connectivity index (χ0v) is 13.5. The summed E-state index contributed by atoms with van der Waals surface area (Å²) in [4.78, 5) is 16.1. The van der Waals surface area contributed by atoms with Crippen LogP contribution in [0.1, 0.15) is 16.8 Å². The van der Waals surface area contributed by atoms with Crippen LogP contribution < -0.4 is 0 Å². The lowest BCUT2D eigenvalue weighted by atomic mass is 10.1. The third-order valence-electron chi connectivity index (χ3n) is 3.48. The second kappa shape index (κ2) is 6.76. The Morgan fingerprint density at radius 1 is 1.12 bits per heavy atom. The van der Waals surface area contributed by atoms with E-state index in [4.69, 9.17) is 16.3 Å². The minimum Gasteiger partial charge on any atom is -0.459 e. The molecule has 130 valence electrons. The van der Waals surface area contributed by atoms with Crippen LogP contribution >= 0.6 is 11.6 Å². The van der Waals surface area contributed by atoms with Crippen molar-refractivity contribution in [1.29, 1.82) is 0 Å². The molecule has 1 aromatic carbocycles. The maximum absolute atomic E-state index is 12.5. The number of alkyl halides is 3. The third-order valence-corrected chi connectivity index (χ3v) is 3.70. The topological polar surface area (TPSA) is 43.6 Å². The van der Waals surface area contributed by atoms with E-state index >= 15 is 0 Å². The number of aromatic nitrogens is 2. The molecule has 0 aliphatic rings. The SMILES string of the molecule is O=C(Cc1ccc(C(F)(F)F)cc1)OCc1cn2cc(Cl)ccc2n1. The van der Waals surface area contributed by atoms with Crippen molar-refractivity contribution < 1.29 is 22.7 Å². The second-order valence-corrected chi connectivity index (χ2v) is 5.81. The van der Waals surface area contributed by atoms with Crippen molar-refractivity contribution in [1.82, 2.24) is 9.38 Å². The number of pyridine rings is 1. The Morgan fingerprint density at radius 3 is 2.52 bits per heavy atom. The molecule has 2 aromatic heterocycles. The number of esters is 1. The van der Waals surface area contributed by atoms with Gasteiger partial charge in [-0.15, -0.1) is 0 Å². The van der Waals surface area contributed by atoms with E-state index in [-0.39, 0.29) is 13.0 Å². The highest BCUT2D eigenvalue weighted by molar-refractivity contribution is 6.30. The van der Waals surface area contributed by atoms with Gasteiger partial charge in [0.1, 0.15) is 12.3 Å². The molecule has 0 bridgehead atoms. The van der Waals surface area contributed by atoms with Gasteiger partial charge < -0.3 is 9.14 Å². The highest BCUT2D eigenvalue weighted by Gasteiger charge is 2.29. The summed E-state index contributed by atoms with van der Waals surface area (Å²) in [7, 11) is 0. The average Bonchev–Trinajstić information content (AvgIpc) is 2.94. The molecule has 8 heteroatoms. The number of hydrogen-bond acceptors (Lipinski definition) is 3. The van der Waals surface area contributed by atoms with Crippen molar-refractivity contribution in [2.75, 3.05) is 0 Å². The Bertz CT molecular complexity index is 904. The van der Waals surface area contributed by atoms with Crippen LogP contribution in [0.5, 0.6) is 0 Å². The molecule has 0 fully saturated rings. The fraction of sp³-hybridized carbons (Fsp3) is 0.176. The lowest BCUT2D eigenvalue weighted by molar-refractivity contribution is -0.144. The lowest BCUT2D eigenvalue weighted by Gasteiger charge is -2.07. The molecule has 0 saturated heterocycles. The number of benzene rings is 1. The first-order valence-corrected chi connectivity index (χ1v) is 7.64. The van der Waals surface area contributed by atoms with Crippen LogP contribution in [0.15, 0.2) is 48.8 Å². The maximum Gasteiger partial charge on any atom is 0.416 e. The van der Waals surface area contributed by atoms with Gasteiger partial charge in [0, 0.05) is 12.4 Å². The number of nitrogens with zero attached hydrogens (tertiary/aromatic N) is 2. The number of rotatable bonds is 4. The van der Waals surface area contributed by atoms with Gasteiger partial charge in [0.15, 0.2) is 0 Å². The zero-order valence-electron chi connectivity index (χ0n) is 12.8. The van der Waals surface area contributed by atoms with Crippen molar-refractivity contribution in [3.8, 4) is 0 Å². The van der Waals surface area contributed by atoms with Crippen molar-refractivity contribution in [3.63, 3.8) is 0 Å². The van der Waals surface area contributed by atoms with Gasteiger partial charge in [0.2, 0.25) is 0 Å². The molecule has 3 aromatic rings. The Balaban J connectivity index is 1.58. The fourth-order valence-electron chi connectivity index (χ4n) is 2.27. The first kappa shape index (κ1) is 17.3. The Kier molecular flexibility index (Phi) is 4.67. The van der Waals surface area contributed by atoms with Crippen LogP contribution in [0.3, 0.4) is 0 Å². The Labute approximate surface area is 145 Å². The third kappa shape index (κ3) is 4.30. The number of imidazole rings is 1. The largest absolute Gasteiger partial charge is 0.459 e. The number of hydrogen-bond donors (Lipinski definition) is 0. The first-order valence-electron chi connectivity index (χ1n) is 7.26. The Morgan fingerprint density at radius 2 is 1.84 bits per heavy atom. The quantitative estimate of drug-likeness (QED) is 0.645. The van der Waals surface area contributed by atoms with Gasteiger partial charge in [-0.25, -0.2) is 4.98 Å². The van der Waals surface area contributed by atoms with E-state index in [2.05, 4.69) is 4.98 Å². The summed E-state index contributed by atoms with van der Waals surface area (Å²) >= 11 is 5.88. The standard InChI is InChI=1S/C17H12ClF3N2O2/c18-13-5-6-15-22-14(9-23(15)8-13)10-25-16(24)7-11-1-3-12(4-2-11)17(19,20)21/h1-6,8-9H,7,10H2. The van der Waals surface area contributed by atoms with E-state index < -0.39 is 17.7 Å². The maximum atomic E-state index is 12.5. The number of carbonyl (C=O) groups is 1. The van der Waals surface area contributed by atoms with Crippen LogP contribution in [0, 0.1) is 0 Å². The van der Waals surface area contributed by atoms with Crippen LogP contribution in [0.25, 0.3) is 5.65 Å². The molecule has 0 saturated carbocycles. The summed E-state index contributed by atoms with van der Waals surface area (Å²) in [6.07, 6.45) is -1.15. The molecule has 0 amide bonds. The summed E-state index contributed by atoms with van der Waals surface area (Å²) < 4.78 is 44.3. The number of halogens is 4. The van der Waals surface area contributed by atoms with E-state index in [1.807, 2.05) is 0 Å². The van der Waals surface area contributed by atoms with Gasteiger partial charge in [0.25, 0.3) is 0 Å². The number of carbonyl (C=O) groups excluding carboxylic acids is 1. The normalized spacial score (nSPS) is 11.7. The van der Waals surface area contributed by atoms with Crippen molar-refractivity contribution in [2.24, 2.45) is 0 Å². The predicted octanol–water partition coefficient (Wildman–Crippen LogP) is 4.29. The highest BCUT2D eigenvalue weighted by atomic mass is 35.5. The van der Waals surface area contributed by atoms with Gasteiger partial charge in [0.05, 0.1) is 22.7 Å². The van der Waals surface area contributed by atoms with E-state index in [9.17, 15) is 18.0 Å². The summed E-state index contributed by atoms with van der Waals surface area (Å²) in [5.74, 6) is -0.546. The molecule has 4 nitrogen and oxygen atoms in total. The van der Waals surface area contributed by atoms with Gasteiger partial charge in [-0.2, -0.15) is 13.2 Å². The smallest absolute Gasteiger partial charge is 0.416 e. The Hall–Kier alpha value is -2.54. The van der Waals surface area contributed by atoms with Crippen molar-refractivity contribution in [3.05, 3.63) is 70.6 Å². The van der Waals surface area contributed by atoms with E-state index in [1.54, 1.807) is 28.9 Å². The minimum atomic E-state index is -4.40. The number of ether oxygens (including phenoxy) is 1. The summed E-state index contributed by atoms with van der Waals surface area (Å²) in [5.41, 5.74) is 0.897. The highest BCUT2D eigenvalue weighted by Crippen LogP contribution is 2.29. The van der Waals surface area contributed by atoms with E-state index in [1.165, 1.54) is 12.1 Å². The zero-order chi connectivity index (χ0) is 18.0. The van der Waals surface area contributed by atoms with Gasteiger partial charge in [-0.05, 0) is 29.8 Å². The molecule has 2 heterocycles. The summed E-state index contributed by atoms with van der Waals surface area (Å²) in [6.45, 7) is -0.0290. The molecule has 25 heavy (non-hydrogen) atoms. The van der Waals surface area contributed by atoms with Gasteiger partial charge in [-0.3, -0.25) is 4.79 Å². The van der Waals surface area contributed by atoms with Crippen LogP contribution in [-0.2, 0) is 28.7 Å². The second-order valence-electron chi connectivity index (χ2n) is 5.38. The molecule has 0 aliphatic carbocycles. The minimum absolute atomic E-state index is 0.0290. The van der Waals surface area contributed by atoms with Crippen LogP contribution in [0.4, 0.5) is 13.2 Å². The predicted molar refractivity (Wildman–Crippen MR) is 85.1 cm³/mol. The molecule has 0 unspecified atom stereocenters. The number of fused-ring (bicyclic) bond motifs is 1. The lowest BCUT2D eigenvalue weighted by Crippen LogP contribution is -2.09. The molecule has 0 atom stereocenters. The summed E-state index contributed by atoms with van der Waals surface area (Å²) in [5, 5.41) is 0.552. The molecule has 0 aliphatic heterocycles. The molecule has 0 radical (unpaired) electrons. The van der Waals surface area contributed by atoms with Crippen molar-refractivity contribution >= 4 is 23.2 Å². The molecule has 3 rings (SSSR count). The molecule has 0 N–H and O–H groups in total. The summed E-state index contributed by atoms with van der Waals surface area (Å²) in [6, 6.07) is 7.83. The van der Waals surface area contributed by atoms with Gasteiger partial charge >= 0.3 is 12.1 Å². The van der Waals surface area contributed by atoms with Crippen LogP contribution in [0.2, 0.25) is 5.02 Å². The van der Waals surface area contributed by atoms with Crippen LogP contribution in [-0.4, -0.2) is 15.4 Å². The first-order chi connectivity index (χ1) is 11.8. The van der Waals surface area contributed by atoms with Gasteiger partial charge in [-0.1, -0.05) is 23.7 Å². The monoisotopic (exact) mass is 368 g/mol. The van der Waals surface area contributed by atoms with E-state index in [0.717, 1.165) is 12.1 Å². The molecular formula is C17H12ClF3N2O2. The van der Waals surface area contributed by atoms with Crippen molar-refractivity contribution in [2.45, 2.75) is 19.2 Å². The fourth-order valence-corrected chi connectivity index (χ4v) is 2.44. The molecular weight excluding hydrogens is 357 g/mol.